The van der Waals surface area contributed by atoms with Crippen molar-refractivity contribution >= 4 is 22.7 Å². The van der Waals surface area contributed by atoms with Gasteiger partial charge in [0.05, 0.1) is 0 Å². The lowest BCUT2D eigenvalue weighted by Gasteiger charge is -2.11. The van der Waals surface area contributed by atoms with Gasteiger partial charge in [-0.1, -0.05) is 0 Å². The van der Waals surface area contributed by atoms with E-state index < -0.39 is 35.3 Å². The molecule has 0 heterocycles. The number of aliphatic hydroxyl groups excluding tert-OH is 2. The molecule has 0 aliphatic carbocycles. The van der Waals surface area contributed by atoms with Gasteiger partial charge in [0.1, 0.15) is 0 Å². The zero-order valence-electron chi connectivity index (χ0n) is 6.81. The fourth-order valence-corrected chi connectivity index (χ4v) is 1.14. The van der Waals surface area contributed by atoms with Gasteiger partial charge >= 0.3 is 22.7 Å². The molecule has 14 heavy (non-hydrogen) atoms. The minimum atomic E-state index is -2.60. The first kappa shape index (κ1) is 14.1. The quantitative estimate of drug-likeness (QED) is 0.324. The van der Waals surface area contributed by atoms with Gasteiger partial charge in [-0.2, -0.15) is 8.42 Å². The SMILES string of the molecule is O=S(O)OC(O)CCC(O)OS(=O)O. The van der Waals surface area contributed by atoms with Crippen LogP contribution in [0.15, 0.2) is 0 Å². The van der Waals surface area contributed by atoms with Gasteiger partial charge in [-0.25, -0.2) is 8.37 Å². The lowest BCUT2D eigenvalue weighted by Crippen LogP contribution is -2.19. The second-order valence-electron chi connectivity index (χ2n) is 2.11. The molecule has 8 nitrogen and oxygen atoms in total. The lowest BCUT2D eigenvalue weighted by atomic mass is 10.3. The Hall–Kier alpha value is 0.0600. The summed E-state index contributed by atoms with van der Waals surface area (Å²) in [5, 5.41) is 17.6. The average Bonchev–Trinajstić information content (AvgIpc) is 1.98. The third kappa shape index (κ3) is 8.65. The predicted octanol–water partition coefficient (Wildman–Crippen LogP) is -1.29. The first-order valence-corrected chi connectivity index (χ1v) is 5.40. The van der Waals surface area contributed by atoms with Crippen LogP contribution in [0.1, 0.15) is 12.8 Å². The second-order valence-corrected chi connectivity index (χ2v) is 3.37. The highest BCUT2D eigenvalue weighted by Gasteiger charge is 2.13. The summed E-state index contributed by atoms with van der Waals surface area (Å²) in [6.45, 7) is 0. The molecule has 4 N–H and O–H groups in total. The Balaban J connectivity index is 3.60. The number of hydrogen-bond donors (Lipinski definition) is 4. The van der Waals surface area contributed by atoms with E-state index in [4.69, 9.17) is 19.3 Å². The van der Waals surface area contributed by atoms with Gasteiger partial charge < -0.3 is 10.2 Å². The zero-order chi connectivity index (χ0) is 11.1. The molecule has 86 valence electrons. The van der Waals surface area contributed by atoms with E-state index in [0.29, 0.717) is 0 Å². The summed E-state index contributed by atoms with van der Waals surface area (Å²) in [5.41, 5.74) is 0. The van der Waals surface area contributed by atoms with Gasteiger partial charge in [0, 0.05) is 12.8 Å². The zero-order valence-corrected chi connectivity index (χ0v) is 8.44. The lowest BCUT2D eigenvalue weighted by molar-refractivity contribution is -0.0624. The molecule has 0 amide bonds. The molecule has 0 aliphatic heterocycles. The van der Waals surface area contributed by atoms with Crippen LogP contribution in [0.25, 0.3) is 0 Å². The van der Waals surface area contributed by atoms with Crippen LogP contribution < -0.4 is 0 Å². The van der Waals surface area contributed by atoms with Crippen LogP contribution in [0.5, 0.6) is 0 Å². The van der Waals surface area contributed by atoms with E-state index in [9.17, 15) is 8.42 Å². The van der Waals surface area contributed by atoms with Crippen LogP contribution in [-0.4, -0.2) is 40.3 Å². The van der Waals surface area contributed by atoms with Crippen molar-refractivity contribution in [3.05, 3.63) is 0 Å². The number of hydrogen-bond acceptors (Lipinski definition) is 6. The summed E-state index contributed by atoms with van der Waals surface area (Å²) in [6.07, 6.45) is -3.53. The minimum absolute atomic E-state index is 0.218. The van der Waals surface area contributed by atoms with Gasteiger partial charge in [0.25, 0.3) is 0 Å². The molecule has 4 atom stereocenters. The molecule has 0 bridgehead atoms. The fourth-order valence-electron chi connectivity index (χ4n) is 0.571. The van der Waals surface area contributed by atoms with Crippen LogP contribution in [0, 0.1) is 0 Å². The van der Waals surface area contributed by atoms with Gasteiger partial charge in [-0.15, -0.1) is 0 Å². The molecule has 10 heteroatoms. The third-order valence-corrected chi connectivity index (χ3v) is 1.82. The summed E-state index contributed by atoms with van der Waals surface area (Å²) in [5.74, 6) is 0. The first-order valence-electron chi connectivity index (χ1n) is 3.34. The average molecular weight is 250 g/mol. The molecule has 0 saturated heterocycles. The molecule has 0 spiro atoms. The molecule has 0 aliphatic rings. The number of aliphatic hydroxyl groups is 2. The van der Waals surface area contributed by atoms with Crippen molar-refractivity contribution in [1.82, 2.24) is 0 Å². The van der Waals surface area contributed by atoms with Crippen molar-refractivity contribution in [2.75, 3.05) is 0 Å². The van der Waals surface area contributed by atoms with Gasteiger partial charge in [0.2, 0.25) is 0 Å². The highest BCUT2D eigenvalue weighted by Crippen LogP contribution is 2.05. The van der Waals surface area contributed by atoms with Crippen LogP contribution in [-0.2, 0) is 31.1 Å². The highest BCUT2D eigenvalue weighted by molar-refractivity contribution is 7.74. The summed E-state index contributed by atoms with van der Waals surface area (Å²) in [7, 11) is 0. The number of rotatable bonds is 7. The normalized spacial score (nSPS) is 20.0. The molecule has 0 rings (SSSR count). The smallest absolute Gasteiger partial charge is 0.304 e. The van der Waals surface area contributed by atoms with E-state index in [1.807, 2.05) is 0 Å². The van der Waals surface area contributed by atoms with E-state index >= 15 is 0 Å². The molecule has 0 aromatic carbocycles. The second kappa shape index (κ2) is 7.36. The van der Waals surface area contributed by atoms with Crippen LogP contribution in [0.4, 0.5) is 0 Å². The van der Waals surface area contributed by atoms with Crippen molar-refractivity contribution in [3.8, 4) is 0 Å². The summed E-state index contributed by atoms with van der Waals surface area (Å²) in [4.78, 5) is 0. The van der Waals surface area contributed by atoms with Crippen LogP contribution in [0.3, 0.4) is 0 Å². The molecule has 0 saturated carbocycles. The molecule has 0 fully saturated rings. The molecule has 0 aromatic rings. The van der Waals surface area contributed by atoms with Crippen molar-refractivity contribution in [2.45, 2.75) is 25.4 Å². The Morgan fingerprint density at radius 2 is 1.21 bits per heavy atom. The van der Waals surface area contributed by atoms with E-state index in [-0.39, 0.29) is 12.8 Å². The standard InChI is InChI=1S/C4H10O8S2/c5-3(11-13(7)8)1-2-4(6)12-14(9)10/h3-6H,1-2H2,(H,7,8)(H,9,10). The summed E-state index contributed by atoms with van der Waals surface area (Å²) < 4.78 is 44.2. The molecular formula is C4H10O8S2. The van der Waals surface area contributed by atoms with E-state index in [2.05, 4.69) is 8.37 Å². The largest absolute Gasteiger partial charge is 0.367 e. The maximum atomic E-state index is 9.98. The Morgan fingerprint density at radius 1 is 0.929 bits per heavy atom. The summed E-state index contributed by atoms with van der Waals surface area (Å²) >= 11 is -5.21. The maximum absolute atomic E-state index is 9.98. The van der Waals surface area contributed by atoms with Crippen molar-refractivity contribution in [3.63, 3.8) is 0 Å². The van der Waals surface area contributed by atoms with Crippen molar-refractivity contribution < 1.29 is 36.1 Å². The van der Waals surface area contributed by atoms with Gasteiger partial charge in [-0.05, 0) is 0 Å². The minimum Gasteiger partial charge on any atom is -0.367 e. The van der Waals surface area contributed by atoms with E-state index in [1.165, 1.54) is 0 Å². The maximum Gasteiger partial charge on any atom is 0.304 e. The van der Waals surface area contributed by atoms with E-state index in [1.54, 1.807) is 0 Å². The Morgan fingerprint density at radius 3 is 1.43 bits per heavy atom. The van der Waals surface area contributed by atoms with Crippen molar-refractivity contribution in [2.24, 2.45) is 0 Å². The highest BCUT2D eigenvalue weighted by atomic mass is 32.2. The molecule has 0 aromatic heterocycles. The fraction of sp³-hybridized carbons (Fsp3) is 1.00. The molecule has 4 unspecified atom stereocenters. The van der Waals surface area contributed by atoms with Crippen LogP contribution >= 0.6 is 0 Å². The molecule has 0 radical (unpaired) electrons. The van der Waals surface area contributed by atoms with Gasteiger partial charge in [0.15, 0.2) is 12.6 Å². The Bertz CT molecular complexity index is 186. The predicted molar refractivity (Wildman–Crippen MR) is 45.0 cm³/mol. The van der Waals surface area contributed by atoms with Gasteiger partial charge in [-0.3, -0.25) is 9.11 Å². The van der Waals surface area contributed by atoms with Crippen molar-refractivity contribution in [1.29, 1.82) is 0 Å². The van der Waals surface area contributed by atoms with E-state index in [0.717, 1.165) is 0 Å². The van der Waals surface area contributed by atoms with Crippen LogP contribution in [0.2, 0.25) is 0 Å². The summed E-state index contributed by atoms with van der Waals surface area (Å²) in [6, 6.07) is 0. The first-order chi connectivity index (χ1) is 6.41. The third-order valence-electron chi connectivity index (χ3n) is 1.05. The Kier molecular flexibility index (Phi) is 7.40. The molecular weight excluding hydrogens is 240 g/mol. The topological polar surface area (TPSA) is 134 Å². The Labute approximate surface area is 84.8 Å². The monoisotopic (exact) mass is 250 g/mol.